The van der Waals surface area contributed by atoms with Crippen LogP contribution in [0.4, 0.5) is 0 Å². The van der Waals surface area contributed by atoms with Crippen LogP contribution in [-0.2, 0) is 0 Å². The summed E-state index contributed by atoms with van der Waals surface area (Å²) in [5.74, 6) is 2.08. The van der Waals surface area contributed by atoms with E-state index >= 15 is 0 Å². The van der Waals surface area contributed by atoms with Crippen molar-refractivity contribution >= 4 is 0 Å². The second-order valence-corrected chi connectivity index (χ2v) is 5.11. The lowest BCUT2D eigenvalue weighted by Crippen LogP contribution is -2.62. The molecule has 0 aromatic carbocycles. The number of hydrogen-bond acceptors (Lipinski definition) is 1. The van der Waals surface area contributed by atoms with Gasteiger partial charge >= 0.3 is 0 Å². The zero-order valence-electron chi connectivity index (χ0n) is 8.16. The van der Waals surface area contributed by atoms with E-state index < -0.39 is 0 Å². The van der Waals surface area contributed by atoms with Gasteiger partial charge in [0.15, 0.2) is 0 Å². The number of hydrogen-bond donors (Lipinski definition) is 0. The molecule has 2 aliphatic heterocycles. The van der Waals surface area contributed by atoms with Crippen molar-refractivity contribution in [3.8, 4) is 0 Å². The van der Waals surface area contributed by atoms with Crippen LogP contribution < -0.4 is 0 Å². The van der Waals surface area contributed by atoms with E-state index in [4.69, 9.17) is 0 Å². The molecule has 0 bridgehead atoms. The molecule has 1 heteroatoms. The van der Waals surface area contributed by atoms with Gasteiger partial charge in [-0.1, -0.05) is 13.3 Å². The Morgan fingerprint density at radius 1 is 1.08 bits per heavy atom. The predicted molar refractivity (Wildman–Crippen MR) is 50.0 cm³/mol. The normalized spacial score (nSPS) is 58.0. The van der Waals surface area contributed by atoms with Crippen LogP contribution in [-0.4, -0.2) is 23.0 Å². The first-order chi connectivity index (χ1) is 5.79. The first-order valence-corrected chi connectivity index (χ1v) is 5.56. The maximum atomic E-state index is 2.82. The highest BCUT2D eigenvalue weighted by molar-refractivity contribution is 5.09. The average molecular weight is 165 g/mol. The fourth-order valence-corrected chi connectivity index (χ4v) is 3.52. The van der Waals surface area contributed by atoms with Crippen LogP contribution in [0.15, 0.2) is 0 Å². The lowest BCUT2D eigenvalue weighted by Gasteiger charge is -2.53. The second-order valence-electron chi connectivity index (χ2n) is 5.11. The van der Waals surface area contributed by atoms with Gasteiger partial charge in [-0.25, -0.2) is 0 Å². The van der Waals surface area contributed by atoms with E-state index in [2.05, 4.69) is 18.7 Å². The topological polar surface area (TPSA) is 3.24 Å². The highest BCUT2D eigenvalue weighted by Gasteiger charge is 2.54. The lowest BCUT2D eigenvalue weighted by atomic mass is 9.80. The Labute approximate surface area is 75.1 Å². The molecule has 0 radical (unpaired) electrons. The van der Waals surface area contributed by atoms with Crippen molar-refractivity contribution in [2.24, 2.45) is 11.8 Å². The van der Waals surface area contributed by atoms with Crippen molar-refractivity contribution in [3.63, 3.8) is 0 Å². The van der Waals surface area contributed by atoms with Gasteiger partial charge in [0.2, 0.25) is 0 Å². The lowest BCUT2D eigenvalue weighted by molar-refractivity contribution is -0.0468. The molecular weight excluding hydrogens is 146 g/mol. The van der Waals surface area contributed by atoms with Crippen molar-refractivity contribution in [1.82, 2.24) is 4.90 Å². The summed E-state index contributed by atoms with van der Waals surface area (Å²) < 4.78 is 0. The monoisotopic (exact) mass is 165 g/mol. The number of rotatable bonds is 0. The van der Waals surface area contributed by atoms with Crippen LogP contribution in [0.5, 0.6) is 0 Å². The maximum Gasteiger partial charge on any atom is 0.0142 e. The third kappa shape index (κ3) is 0.783. The molecule has 1 aliphatic carbocycles. The van der Waals surface area contributed by atoms with Gasteiger partial charge in [-0.15, -0.1) is 0 Å². The summed E-state index contributed by atoms with van der Waals surface area (Å²) in [6.07, 6.45) is 6.03. The quantitative estimate of drug-likeness (QED) is 0.532. The van der Waals surface area contributed by atoms with E-state index in [1.54, 1.807) is 0 Å². The van der Waals surface area contributed by atoms with Crippen LogP contribution in [0, 0.1) is 11.8 Å². The maximum absolute atomic E-state index is 2.82. The fraction of sp³-hybridized carbons (Fsp3) is 1.00. The standard InChI is InChI=1S/C11H19N/c1-7-8(2)12-10(7)5-3-4-9-6-11(9)12/h7-11H,3-6H2,1-2H3/t7?,8-,9?,10+,11?/m0/s1. The molecule has 0 aromatic heterocycles. The van der Waals surface area contributed by atoms with Gasteiger partial charge in [-0.3, -0.25) is 4.90 Å². The molecule has 3 fully saturated rings. The largest absolute Gasteiger partial charge is 0.294 e. The molecule has 0 spiro atoms. The molecule has 68 valence electrons. The molecule has 2 heterocycles. The van der Waals surface area contributed by atoms with Crippen LogP contribution in [0.2, 0.25) is 0 Å². The van der Waals surface area contributed by atoms with Crippen molar-refractivity contribution in [2.45, 2.75) is 57.7 Å². The fourth-order valence-electron chi connectivity index (χ4n) is 3.52. The average Bonchev–Trinajstić information content (AvgIpc) is 2.79. The molecule has 0 aromatic rings. The van der Waals surface area contributed by atoms with Crippen molar-refractivity contribution in [3.05, 3.63) is 0 Å². The third-order valence-electron chi connectivity index (χ3n) is 4.56. The third-order valence-corrected chi connectivity index (χ3v) is 4.56. The highest BCUT2D eigenvalue weighted by atomic mass is 15.3. The minimum Gasteiger partial charge on any atom is -0.294 e. The SMILES string of the molecule is CC1[C@H]2CCCC3CC3N2[C@H]1C. The van der Waals surface area contributed by atoms with Crippen molar-refractivity contribution < 1.29 is 0 Å². The van der Waals surface area contributed by atoms with E-state index in [1.165, 1.54) is 25.7 Å². The summed E-state index contributed by atoms with van der Waals surface area (Å²) in [6, 6.07) is 2.88. The Balaban J connectivity index is 1.80. The zero-order valence-corrected chi connectivity index (χ0v) is 8.16. The van der Waals surface area contributed by atoms with Gasteiger partial charge in [-0.05, 0) is 38.0 Å². The molecule has 0 N–H and O–H groups in total. The Kier molecular flexibility index (Phi) is 1.39. The molecular formula is C11H19N. The molecule has 1 nitrogen and oxygen atoms in total. The first-order valence-electron chi connectivity index (χ1n) is 5.56. The minimum atomic E-state index is 0.892. The Bertz CT molecular complexity index is 201. The summed E-state index contributed by atoms with van der Waals surface area (Å²) in [5, 5.41) is 0. The first kappa shape index (κ1) is 7.37. The van der Waals surface area contributed by atoms with Gasteiger partial charge in [0.25, 0.3) is 0 Å². The van der Waals surface area contributed by atoms with E-state index in [0.717, 1.165) is 30.0 Å². The highest BCUT2D eigenvalue weighted by Crippen LogP contribution is 2.51. The van der Waals surface area contributed by atoms with Gasteiger partial charge in [0, 0.05) is 18.1 Å². The summed E-state index contributed by atoms with van der Waals surface area (Å²) in [6.45, 7) is 4.86. The number of nitrogens with zero attached hydrogens (tertiary/aromatic N) is 1. The summed E-state index contributed by atoms with van der Waals surface area (Å²) in [4.78, 5) is 2.82. The van der Waals surface area contributed by atoms with Crippen LogP contribution in [0.3, 0.4) is 0 Å². The molecule has 2 saturated heterocycles. The smallest absolute Gasteiger partial charge is 0.0142 e. The van der Waals surface area contributed by atoms with Gasteiger partial charge in [0.1, 0.15) is 0 Å². The molecule has 5 atom stereocenters. The molecule has 1 saturated carbocycles. The summed E-state index contributed by atoms with van der Waals surface area (Å²) in [5.41, 5.74) is 0. The number of fused-ring (bicyclic) bond motifs is 3. The summed E-state index contributed by atoms with van der Waals surface area (Å²) >= 11 is 0. The molecule has 3 aliphatic rings. The minimum absolute atomic E-state index is 0.892. The van der Waals surface area contributed by atoms with Crippen LogP contribution >= 0.6 is 0 Å². The second kappa shape index (κ2) is 2.25. The Morgan fingerprint density at radius 3 is 2.75 bits per heavy atom. The molecule has 0 amide bonds. The van der Waals surface area contributed by atoms with E-state index in [-0.39, 0.29) is 0 Å². The Hall–Kier alpha value is -0.0400. The molecule has 3 rings (SSSR count). The van der Waals surface area contributed by atoms with Gasteiger partial charge in [0.05, 0.1) is 0 Å². The predicted octanol–water partition coefficient (Wildman–Crippen LogP) is 2.27. The zero-order chi connectivity index (χ0) is 8.29. The summed E-state index contributed by atoms with van der Waals surface area (Å²) in [7, 11) is 0. The van der Waals surface area contributed by atoms with Crippen molar-refractivity contribution in [1.29, 1.82) is 0 Å². The van der Waals surface area contributed by atoms with Crippen LogP contribution in [0.25, 0.3) is 0 Å². The molecule has 12 heavy (non-hydrogen) atoms. The van der Waals surface area contributed by atoms with E-state index in [1.807, 2.05) is 0 Å². The van der Waals surface area contributed by atoms with Gasteiger partial charge < -0.3 is 0 Å². The Morgan fingerprint density at radius 2 is 1.92 bits per heavy atom. The molecule has 3 unspecified atom stereocenters. The van der Waals surface area contributed by atoms with E-state index in [9.17, 15) is 0 Å². The van der Waals surface area contributed by atoms with Crippen LogP contribution in [0.1, 0.15) is 39.5 Å². The van der Waals surface area contributed by atoms with Gasteiger partial charge in [-0.2, -0.15) is 0 Å². The van der Waals surface area contributed by atoms with Crippen molar-refractivity contribution in [2.75, 3.05) is 0 Å². The van der Waals surface area contributed by atoms with E-state index in [0.29, 0.717) is 0 Å².